The number of anilines is 1. The molecule has 0 radical (unpaired) electrons. The van der Waals surface area contributed by atoms with E-state index < -0.39 is 0 Å². The van der Waals surface area contributed by atoms with E-state index in [1.165, 1.54) is 10.7 Å². The predicted octanol–water partition coefficient (Wildman–Crippen LogP) is 0.215. The second kappa shape index (κ2) is 1.44. The van der Waals surface area contributed by atoms with Crippen molar-refractivity contribution in [1.29, 1.82) is 0 Å². The molecule has 52 valence electrons. The molecule has 2 aromatic heterocycles. The van der Waals surface area contributed by atoms with E-state index in [1.54, 1.807) is 6.20 Å². The number of aromatic hydroxyl groups is 1. The summed E-state index contributed by atoms with van der Waals surface area (Å²) in [6, 6.07) is 0. The van der Waals surface area contributed by atoms with Crippen LogP contribution in [-0.4, -0.2) is 14.5 Å². The normalized spacial score (nSPS) is 10.8. The lowest BCUT2D eigenvalue weighted by atomic mass is 10.7. The van der Waals surface area contributed by atoms with Gasteiger partial charge in [0.15, 0.2) is 5.82 Å². The summed E-state index contributed by atoms with van der Waals surface area (Å²) in [5.41, 5.74) is 5.37. The maximum Gasteiger partial charge on any atom is 0.310 e. The van der Waals surface area contributed by atoms with E-state index in [4.69, 9.17) is 15.3 Å². The van der Waals surface area contributed by atoms with E-state index in [1.807, 2.05) is 0 Å². The van der Waals surface area contributed by atoms with Crippen LogP contribution >= 0.6 is 0 Å². The molecule has 10 heavy (non-hydrogen) atoms. The van der Waals surface area contributed by atoms with Gasteiger partial charge >= 0.3 is 5.84 Å². The minimum atomic E-state index is -0.195. The lowest BCUT2D eigenvalue weighted by Gasteiger charge is -1.84. The first kappa shape index (κ1) is 5.16. The van der Waals surface area contributed by atoms with Gasteiger partial charge in [0.05, 0.1) is 6.20 Å². The molecule has 3 N–H and O–H groups in total. The standard InChI is InChI=1S/C5H5N3O2/c6-3-4(9)7-5-8(3)1-2-10-5/h1-2,9H,6H2. The van der Waals surface area contributed by atoms with E-state index >= 15 is 0 Å². The summed E-state index contributed by atoms with van der Waals surface area (Å²) in [6.45, 7) is 0. The van der Waals surface area contributed by atoms with E-state index in [0.717, 1.165) is 0 Å². The molecule has 0 fully saturated rings. The van der Waals surface area contributed by atoms with Crippen molar-refractivity contribution in [2.75, 3.05) is 5.73 Å². The van der Waals surface area contributed by atoms with Gasteiger partial charge in [0.2, 0.25) is 0 Å². The second-order valence-electron chi connectivity index (χ2n) is 1.88. The van der Waals surface area contributed by atoms with Crippen molar-refractivity contribution in [1.82, 2.24) is 9.38 Å². The van der Waals surface area contributed by atoms with Crippen molar-refractivity contribution < 1.29 is 9.52 Å². The number of rotatable bonds is 0. The predicted molar refractivity (Wildman–Crippen MR) is 33.5 cm³/mol. The molecule has 2 heterocycles. The summed E-state index contributed by atoms with van der Waals surface area (Å²) in [6.07, 6.45) is 3.02. The number of imidazole rings is 1. The Hall–Kier alpha value is -1.65. The summed E-state index contributed by atoms with van der Waals surface area (Å²) < 4.78 is 6.29. The van der Waals surface area contributed by atoms with Crippen molar-refractivity contribution in [3.63, 3.8) is 0 Å². The lowest BCUT2D eigenvalue weighted by molar-refractivity contribution is 0.456. The molecule has 0 spiro atoms. The van der Waals surface area contributed by atoms with Crippen molar-refractivity contribution in [2.24, 2.45) is 0 Å². The smallest absolute Gasteiger partial charge is 0.310 e. The highest BCUT2D eigenvalue weighted by Crippen LogP contribution is 2.19. The van der Waals surface area contributed by atoms with E-state index in [9.17, 15) is 0 Å². The maximum atomic E-state index is 8.92. The van der Waals surface area contributed by atoms with E-state index in [0.29, 0.717) is 5.84 Å². The SMILES string of the molecule is Nc1c(O)nc2occn12. The molecule has 2 aromatic rings. The molecule has 5 nitrogen and oxygen atoms in total. The molecule has 0 aromatic carbocycles. The largest absolute Gasteiger partial charge is 0.491 e. The highest BCUT2D eigenvalue weighted by molar-refractivity contribution is 5.50. The van der Waals surface area contributed by atoms with Crippen LogP contribution in [0.25, 0.3) is 5.84 Å². The Bertz CT molecular complexity index is 362. The molecule has 0 saturated carbocycles. The Labute approximate surface area is 55.7 Å². The summed E-state index contributed by atoms with van der Waals surface area (Å²) >= 11 is 0. The van der Waals surface area contributed by atoms with Gasteiger partial charge in [-0.1, -0.05) is 0 Å². The van der Waals surface area contributed by atoms with Crippen molar-refractivity contribution in [3.05, 3.63) is 12.5 Å². The maximum absolute atomic E-state index is 8.92. The minimum absolute atomic E-state index is 0.195. The number of nitrogens with two attached hydrogens (primary N) is 1. The van der Waals surface area contributed by atoms with Crippen molar-refractivity contribution in [2.45, 2.75) is 0 Å². The molecule has 0 amide bonds. The van der Waals surface area contributed by atoms with Crippen LogP contribution in [0.4, 0.5) is 5.82 Å². The van der Waals surface area contributed by atoms with Gasteiger partial charge in [-0.3, -0.25) is 0 Å². The molecule has 0 aliphatic carbocycles. The summed E-state index contributed by atoms with van der Waals surface area (Å²) in [5.74, 6) is 0.304. The van der Waals surface area contributed by atoms with Crippen LogP contribution in [-0.2, 0) is 0 Å². The number of hydrogen-bond donors (Lipinski definition) is 2. The first-order valence-corrected chi connectivity index (χ1v) is 2.69. The number of nitrogen functional groups attached to an aromatic ring is 1. The molecule has 0 saturated heterocycles. The summed E-state index contributed by atoms with van der Waals surface area (Å²) in [5, 5.41) is 8.92. The van der Waals surface area contributed by atoms with Crippen LogP contribution in [0, 0.1) is 0 Å². The Morgan fingerprint density at radius 1 is 1.70 bits per heavy atom. The molecule has 5 heteroatoms. The molecule has 2 rings (SSSR count). The van der Waals surface area contributed by atoms with Crippen LogP contribution in [0.2, 0.25) is 0 Å². The molecule has 0 unspecified atom stereocenters. The van der Waals surface area contributed by atoms with Gasteiger partial charge < -0.3 is 15.3 Å². The third-order valence-corrected chi connectivity index (χ3v) is 1.28. The van der Waals surface area contributed by atoms with Gasteiger partial charge in [0.25, 0.3) is 5.88 Å². The first-order valence-electron chi connectivity index (χ1n) is 2.69. The van der Waals surface area contributed by atoms with Gasteiger partial charge in [0, 0.05) is 0 Å². The number of fused-ring (bicyclic) bond motifs is 1. The highest BCUT2D eigenvalue weighted by Gasteiger charge is 2.07. The minimum Gasteiger partial charge on any atom is -0.491 e. The lowest BCUT2D eigenvalue weighted by Crippen LogP contribution is -1.88. The fourth-order valence-corrected chi connectivity index (χ4v) is 0.792. The van der Waals surface area contributed by atoms with E-state index in [2.05, 4.69) is 4.98 Å². The molecule has 0 aliphatic heterocycles. The molecule has 0 bridgehead atoms. The van der Waals surface area contributed by atoms with Crippen molar-refractivity contribution in [3.8, 4) is 5.88 Å². The van der Waals surface area contributed by atoms with Crippen LogP contribution in [0.5, 0.6) is 5.88 Å². The zero-order valence-corrected chi connectivity index (χ0v) is 4.98. The average Bonchev–Trinajstić information content (AvgIpc) is 2.41. The molecule has 0 aliphatic rings. The average molecular weight is 139 g/mol. The number of hydrogen-bond acceptors (Lipinski definition) is 4. The second-order valence-corrected chi connectivity index (χ2v) is 1.88. The monoisotopic (exact) mass is 139 g/mol. The molecular weight excluding hydrogens is 134 g/mol. The Balaban J connectivity index is 2.95. The summed E-state index contributed by atoms with van der Waals surface area (Å²) in [4.78, 5) is 3.60. The van der Waals surface area contributed by atoms with Gasteiger partial charge in [-0.15, -0.1) is 0 Å². The van der Waals surface area contributed by atoms with Crippen molar-refractivity contribution >= 4 is 11.7 Å². The fraction of sp³-hybridized carbons (Fsp3) is 0. The zero-order valence-electron chi connectivity index (χ0n) is 4.98. The fourth-order valence-electron chi connectivity index (χ4n) is 0.792. The topological polar surface area (TPSA) is 76.7 Å². The van der Waals surface area contributed by atoms with Gasteiger partial charge in [-0.05, 0) is 0 Å². The van der Waals surface area contributed by atoms with E-state index in [-0.39, 0.29) is 11.7 Å². The summed E-state index contributed by atoms with van der Waals surface area (Å²) in [7, 11) is 0. The quantitative estimate of drug-likeness (QED) is 0.547. The van der Waals surface area contributed by atoms with Crippen LogP contribution in [0.3, 0.4) is 0 Å². The highest BCUT2D eigenvalue weighted by atomic mass is 16.4. The first-order chi connectivity index (χ1) is 4.79. The van der Waals surface area contributed by atoms with Crippen LogP contribution < -0.4 is 5.73 Å². The Morgan fingerprint density at radius 2 is 2.50 bits per heavy atom. The van der Waals surface area contributed by atoms with Gasteiger partial charge in [0.1, 0.15) is 6.26 Å². The van der Waals surface area contributed by atoms with Gasteiger partial charge in [-0.2, -0.15) is 4.98 Å². The Morgan fingerprint density at radius 3 is 3.20 bits per heavy atom. The number of nitrogens with zero attached hydrogens (tertiary/aromatic N) is 2. The van der Waals surface area contributed by atoms with Crippen LogP contribution in [0.15, 0.2) is 16.9 Å². The molecule has 0 atom stereocenters. The Kier molecular flexibility index (Phi) is 0.743. The van der Waals surface area contributed by atoms with Gasteiger partial charge in [-0.25, -0.2) is 4.40 Å². The third-order valence-electron chi connectivity index (χ3n) is 1.28. The zero-order chi connectivity index (χ0) is 7.14. The van der Waals surface area contributed by atoms with Crippen LogP contribution in [0.1, 0.15) is 0 Å². The number of oxazole rings is 1. The molecular formula is C5H5N3O2. The third kappa shape index (κ3) is 0.439. The number of aromatic nitrogens is 2.